The number of methoxy groups -OCH3 is 1. The molecule has 1 amide bonds. The first-order valence-corrected chi connectivity index (χ1v) is 14.4. The number of halogens is 6. The Balaban J connectivity index is 0.000000376. The van der Waals surface area contributed by atoms with Crippen molar-refractivity contribution in [3.05, 3.63) is 72.2 Å². The molecule has 5 rings (SSSR count). The molecule has 1 fully saturated rings. The molecule has 0 bridgehead atoms. The van der Waals surface area contributed by atoms with Crippen LogP contribution in [-0.4, -0.2) is 86.8 Å². The summed E-state index contributed by atoms with van der Waals surface area (Å²) in [6.07, 6.45) is -1.91. The molecular formula is C31H33F6N5O6. The lowest BCUT2D eigenvalue weighted by atomic mass is 10.0. The average molecular weight is 686 g/mol. The highest BCUT2D eigenvalue weighted by atomic mass is 19.4. The molecule has 3 heterocycles. The summed E-state index contributed by atoms with van der Waals surface area (Å²) < 4.78 is 71.0. The number of ether oxygens (including phenoxy) is 1. The molecule has 4 aromatic rings. The van der Waals surface area contributed by atoms with Crippen LogP contribution in [0.2, 0.25) is 0 Å². The summed E-state index contributed by atoms with van der Waals surface area (Å²) in [5.41, 5.74) is 4.89. The van der Waals surface area contributed by atoms with E-state index < -0.39 is 24.3 Å². The predicted molar refractivity (Wildman–Crippen MR) is 161 cm³/mol. The second kappa shape index (κ2) is 16.2. The van der Waals surface area contributed by atoms with E-state index in [-0.39, 0.29) is 11.9 Å². The van der Waals surface area contributed by atoms with Crippen molar-refractivity contribution in [2.45, 2.75) is 44.7 Å². The van der Waals surface area contributed by atoms with E-state index in [0.717, 1.165) is 59.5 Å². The Hall–Kier alpha value is -5.06. The number of hydrogen-bond acceptors (Lipinski definition) is 6. The zero-order valence-electron chi connectivity index (χ0n) is 25.7. The third kappa shape index (κ3) is 10.5. The van der Waals surface area contributed by atoms with Crippen molar-refractivity contribution in [3.63, 3.8) is 0 Å². The van der Waals surface area contributed by atoms with Gasteiger partial charge in [-0.3, -0.25) is 9.89 Å². The van der Waals surface area contributed by atoms with Gasteiger partial charge in [0.1, 0.15) is 5.75 Å². The zero-order valence-corrected chi connectivity index (χ0v) is 25.7. The van der Waals surface area contributed by atoms with Crippen LogP contribution in [0.25, 0.3) is 22.0 Å². The number of rotatable bonds is 8. The fourth-order valence-corrected chi connectivity index (χ4v) is 4.77. The van der Waals surface area contributed by atoms with Crippen molar-refractivity contribution < 1.29 is 55.7 Å². The van der Waals surface area contributed by atoms with Crippen molar-refractivity contribution in [1.29, 1.82) is 0 Å². The largest absolute Gasteiger partial charge is 0.497 e. The molecule has 1 saturated heterocycles. The van der Waals surface area contributed by atoms with Gasteiger partial charge in [0.2, 0.25) is 0 Å². The molecule has 260 valence electrons. The highest BCUT2D eigenvalue weighted by Crippen LogP contribution is 2.29. The van der Waals surface area contributed by atoms with Crippen LogP contribution in [-0.2, 0) is 16.1 Å². The van der Waals surface area contributed by atoms with E-state index in [4.69, 9.17) is 24.5 Å². The maximum Gasteiger partial charge on any atom is 0.490 e. The molecule has 2 aromatic carbocycles. The fourth-order valence-electron chi connectivity index (χ4n) is 4.77. The summed E-state index contributed by atoms with van der Waals surface area (Å²) in [6, 6.07) is 13.9. The zero-order chi connectivity index (χ0) is 35.6. The molecule has 17 heteroatoms. The summed E-state index contributed by atoms with van der Waals surface area (Å²) in [5, 5.41) is 25.4. The van der Waals surface area contributed by atoms with Gasteiger partial charge in [-0.2, -0.15) is 31.4 Å². The Morgan fingerprint density at radius 1 is 0.958 bits per heavy atom. The van der Waals surface area contributed by atoms with Gasteiger partial charge in [0.05, 0.1) is 24.9 Å². The number of amides is 1. The summed E-state index contributed by atoms with van der Waals surface area (Å²) in [4.78, 5) is 33.7. The van der Waals surface area contributed by atoms with Crippen LogP contribution in [0.4, 0.5) is 26.3 Å². The molecule has 48 heavy (non-hydrogen) atoms. The molecule has 11 nitrogen and oxygen atoms in total. The highest BCUT2D eigenvalue weighted by molar-refractivity contribution is 6.07. The van der Waals surface area contributed by atoms with Crippen LogP contribution >= 0.6 is 0 Å². The lowest BCUT2D eigenvalue weighted by Crippen LogP contribution is -2.26. The first-order valence-electron chi connectivity index (χ1n) is 14.4. The van der Waals surface area contributed by atoms with Crippen LogP contribution < -0.4 is 10.1 Å². The molecule has 0 spiro atoms. The number of H-pyrrole nitrogens is 1. The smallest absolute Gasteiger partial charge is 0.490 e. The Morgan fingerprint density at radius 3 is 2.12 bits per heavy atom. The van der Waals surface area contributed by atoms with Gasteiger partial charge in [0, 0.05) is 41.9 Å². The molecule has 1 aliphatic heterocycles. The van der Waals surface area contributed by atoms with Gasteiger partial charge in [-0.15, -0.1) is 0 Å². The van der Waals surface area contributed by atoms with Crippen molar-refractivity contribution in [2.75, 3.05) is 26.7 Å². The molecule has 0 radical (unpaired) electrons. The Labute approximate surface area is 270 Å². The molecule has 0 saturated carbocycles. The van der Waals surface area contributed by atoms with Gasteiger partial charge in [0.25, 0.3) is 5.91 Å². The second-order valence-electron chi connectivity index (χ2n) is 10.6. The van der Waals surface area contributed by atoms with Gasteiger partial charge >= 0.3 is 24.3 Å². The van der Waals surface area contributed by atoms with Gasteiger partial charge in [-0.1, -0.05) is 24.3 Å². The topological polar surface area (TPSA) is 150 Å². The van der Waals surface area contributed by atoms with Crippen LogP contribution in [0, 0.1) is 0 Å². The molecule has 0 unspecified atom stereocenters. The number of likely N-dealkylation sites (tertiary alicyclic amines) is 1. The lowest BCUT2D eigenvalue weighted by Gasteiger charge is -2.15. The van der Waals surface area contributed by atoms with Crippen molar-refractivity contribution >= 4 is 28.7 Å². The molecule has 0 aliphatic carbocycles. The second-order valence-corrected chi connectivity index (χ2v) is 10.6. The van der Waals surface area contributed by atoms with Gasteiger partial charge in [0.15, 0.2) is 0 Å². The summed E-state index contributed by atoms with van der Waals surface area (Å²) in [7, 11) is 1.65. The van der Waals surface area contributed by atoms with Crippen LogP contribution in [0.3, 0.4) is 0 Å². The van der Waals surface area contributed by atoms with Crippen molar-refractivity contribution in [1.82, 2.24) is 25.0 Å². The Kier molecular flexibility index (Phi) is 12.6. The third-order valence-corrected chi connectivity index (χ3v) is 7.24. The minimum Gasteiger partial charge on any atom is -0.497 e. The monoisotopic (exact) mass is 685 g/mol. The van der Waals surface area contributed by atoms with E-state index >= 15 is 0 Å². The minimum absolute atomic E-state index is 0.0729. The number of nitrogens with one attached hydrogen (secondary N) is 2. The van der Waals surface area contributed by atoms with E-state index in [2.05, 4.69) is 43.2 Å². The standard InChI is InChI=1S/C27H31N5O2.2C2HF3O2/c1-19(20-6-5-7-23(14-20)34-2)30-27(33)25-18-32(13-12-31-10-3-4-11-31)26-15-21(8-9-24(25)26)22-16-28-29-17-22;2*3-2(4,5)1(6)7/h5-9,14-19H,3-4,10-13H2,1-2H3,(H,28,29)(H,30,33);2*(H,6,7)/t19-;;/m0../s1. The third-order valence-electron chi connectivity index (χ3n) is 7.24. The SMILES string of the molecule is COc1cccc([C@H](C)NC(=O)c2cn(CCN3CCCC3)c3cc(-c4cn[nH]c4)ccc23)c1.O=C(O)C(F)(F)F.O=C(O)C(F)(F)F. The first kappa shape index (κ1) is 37.4. The van der Waals surface area contributed by atoms with E-state index in [1.54, 1.807) is 7.11 Å². The molecular weight excluding hydrogens is 652 g/mol. The Bertz CT molecular complexity index is 1660. The number of carbonyl (C=O) groups excluding carboxylic acids is 1. The molecule has 2 aromatic heterocycles. The average Bonchev–Trinajstić information content (AvgIpc) is 3.81. The number of benzene rings is 2. The van der Waals surface area contributed by atoms with Gasteiger partial charge in [-0.05, 0) is 62.2 Å². The molecule has 1 aliphatic rings. The lowest BCUT2D eigenvalue weighted by molar-refractivity contribution is -0.193. The molecule has 4 N–H and O–H groups in total. The number of carboxylic acid groups (broad SMARTS) is 2. The normalized spacial score (nSPS) is 13.9. The Morgan fingerprint density at radius 2 is 1.58 bits per heavy atom. The summed E-state index contributed by atoms with van der Waals surface area (Å²) in [5.74, 6) is -4.81. The van der Waals surface area contributed by atoms with Gasteiger partial charge < -0.3 is 29.7 Å². The van der Waals surface area contributed by atoms with E-state index in [9.17, 15) is 31.1 Å². The highest BCUT2D eigenvalue weighted by Gasteiger charge is 2.38. The van der Waals surface area contributed by atoms with E-state index in [1.165, 1.54) is 12.8 Å². The van der Waals surface area contributed by atoms with Gasteiger partial charge in [-0.25, -0.2) is 9.59 Å². The minimum atomic E-state index is -5.08. The number of aliphatic carboxylic acids is 2. The maximum atomic E-state index is 13.4. The van der Waals surface area contributed by atoms with Crippen molar-refractivity contribution in [2.24, 2.45) is 0 Å². The number of aromatic nitrogens is 3. The van der Waals surface area contributed by atoms with Crippen LogP contribution in [0.1, 0.15) is 41.7 Å². The number of nitrogens with zero attached hydrogens (tertiary/aromatic N) is 3. The first-order chi connectivity index (χ1) is 22.5. The number of carboxylic acids is 2. The maximum absolute atomic E-state index is 13.4. The summed E-state index contributed by atoms with van der Waals surface area (Å²) in [6.45, 7) is 6.15. The number of aromatic amines is 1. The number of carbonyl (C=O) groups is 3. The quantitative estimate of drug-likeness (QED) is 0.168. The number of fused-ring (bicyclic) bond motifs is 1. The van der Waals surface area contributed by atoms with Crippen LogP contribution in [0.5, 0.6) is 5.75 Å². The fraction of sp³-hybridized carbons (Fsp3) is 0.355. The van der Waals surface area contributed by atoms with Crippen LogP contribution in [0.15, 0.2) is 61.1 Å². The molecule has 1 atom stereocenters. The van der Waals surface area contributed by atoms with E-state index in [1.807, 2.05) is 49.8 Å². The van der Waals surface area contributed by atoms with E-state index in [0.29, 0.717) is 5.56 Å². The number of alkyl halides is 6. The summed E-state index contributed by atoms with van der Waals surface area (Å²) >= 11 is 0. The van der Waals surface area contributed by atoms with Crippen molar-refractivity contribution in [3.8, 4) is 16.9 Å². The number of hydrogen-bond donors (Lipinski definition) is 4. The predicted octanol–water partition coefficient (Wildman–Crippen LogP) is 5.89.